The average molecular weight is 382 g/mol. The number of hydrogen-bond acceptors (Lipinski definition) is 6. The minimum atomic E-state index is -0.260. The summed E-state index contributed by atoms with van der Waals surface area (Å²) < 4.78 is 16.0. The maximum absolute atomic E-state index is 12.3. The number of nitrogens with zero attached hydrogens (tertiary/aromatic N) is 1. The molecule has 0 spiro atoms. The molecule has 2 aromatic carbocycles. The van der Waals surface area contributed by atoms with Gasteiger partial charge in [-0.25, -0.2) is 0 Å². The fourth-order valence-electron chi connectivity index (χ4n) is 3.08. The van der Waals surface area contributed by atoms with Gasteiger partial charge in [-0.05, 0) is 37.3 Å². The van der Waals surface area contributed by atoms with Gasteiger partial charge in [0.1, 0.15) is 5.75 Å². The van der Waals surface area contributed by atoms with E-state index in [0.29, 0.717) is 34.2 Å². The van der Waals surface area contributed by atoms with Crippen molar-refractivity contribution in [2.75, 3.05) is 30.2 Å². The van der Waals surface area contributed by atoms with E-state index in [-0.39, 0.29) is 44.0 Å². The number of carbonyl (C=O) groups is 3. The molecule has 28 heavy (non-hydrogen) atoms. The van der Waals surface area contributed by atoms with Crippen molar-refractivity contribution in [3.05, 3.63) is 42.0 Å². The Morgan fingerprint density at radius 3 is 2.64 bits per heavy atom. The Morgan fingerprint density at radius 2 is 1.82 bits per heavy atom. The van der Waals surface area contributed by atoms with E-state index in [1.54, 1.807) is 36.4 Å². The lowest BCUT2D eigenvalue weighted by Crippen LogP contribution is -2.40. The van der Waals surface area contributed by atoms with E-state index < -0.39 is 0 Å². The molecule has 144 valence electrons. The van der Waals surface area contributed by atoms with Gasteiger partial charge < -0.3 is 24.4 Å². The van der Waals surface area contributed by atoms with Crippen LogP contribution in [0.5, 0.6) is 17.2 Å². The summed E-state index contributed by atoms with van der Waals surface area (Å²) >= 11 is 0. The van der Waals surface area contributed by atoms with Crippen molar-refractivity contribution in [2.45, 2.75) is 13.3 Å². The van der Waals surface area contributed by atoms with E-state index in [9.17, 15) is 14.4 Å². The van der Waals surface area contributed by atoms with Crippen LogP contribution in [0, 0.1) is 0 Å². The third kappa shape index (κ3) is 3.48. The summed E-state index contributed by atoms with van der Waals surface area (Å²) in [6, 6.07) is 10.1. The standard InChI is InChI=1S/C20H18N2O6/c1-12(23)13-2-4-16-15(8-13)22(20(25)10-26-16)7-6-19(24)21-14-3-5-17-18(9-14)28-11-27-17/h2-5,8-9H,6-7,10-11H2,1H3,(H,21,24). The van der Waals surface area contributed by atoms with Crippen LogP contribution in [-0.2, 0) is 9.59 Å². The Balaban J connectivity index is 1.44. The monoisotopic (exact) mass is 382 g/mol. The van der Waals surface area contributed by atoms with Crippen molar-refractivity contribution in [3.63, 3.8) is 0 Å². The Morgan fingerprint density at radius 1 is 1.04 bits per heavy atom. The van der Waals surface area contributed by atoms with Crippen LogP contribution in [0.3, 0.4) is 0 Å². The van der Waals surface area contributed by atoms with Crippen LogP contribution in [-0.4, -0.2) is 37.5 Å². The number of ketones is 1. The van der Waals surface area contributed by atoms with E-state index in [4.69, 9.17) is 14.2 Å². The molecule has 0 saturated carbocycles. The quantitative estimate of drug-likeness (QED) is 0.798. The largest absolute Gasteiger partial charge is 0.482 e. The molecule has 2 aliphatic rings. The second kappa shape index (κ2) is 7.22. The molecule has 0 aromatic heterocycles. The summed E-state index contributed by atoms with van der Waals surface area (Å²) in [7, 11) is 0. The zero-order valence-corrected chi connectivity index (χ0v) is 15.2. The Labute approximate surface area is 161 Å². The van der Waals surface area contributed by atoms with E-state index in [1.165, 1.54) is 11.8 Å². The lowest BCUT2D eigenvalue weighted by atomic mass is 10.1. The molecule has 0 aliphatic carbocycles. The summed E-state index contributed by atoms with van der Waals surface area (Å²) in [6.07, 6.45) is 0.0872. The van der Waals surface area contributed by atoms with Crippen molar-refractivity contribution < 1.29 is 28.6 Å². The Kier molecular flexibility index (Phi) is 4.60. The summed E-state index contributed by atoms with van der Waals surface area (Å²) in [5.41, 5.74) is 1.56. The van der Waals surface area contributed by atoms with Gasteiger partial charge in [0.15, 0.2) is 23.9 Å². The molecule has 8 nitrogen and oxygen atoms in total. The molecule has 2 aliphatic heterocycles. The van der Waals surface area contributed by atoms with Crippen LogP contribution < -0.4 is 24.4 Å². The van der Waals surface area contributed by atoms with Crippen molar-refractivity contribution in [2.24, 2.45) is 0 Å². The number of ether oxygens (including phenoxy) is 3. The highest BCUT2D eigenvalue weighted by atomic mass is 16.7. The second-order valence-electron chi connectivity index (χ2n) is 6.44. The summed E-state index contributed by atoms with van der Waals surface area (Å²) in [5.74, 6) is 1.11. The van der Waals surface area contributed by atoms with Gasteiger partial charge in [0.05, 0.1) is 5.69 Å². The first-order chi connectivity index (χ1) is 13.5. The average Bonchev–Trinajstić information content (AvgIpc) is 3.14. The van der Waals surface area contributed by atoms with E-state index >= 15 is 0 Å². The Bertz CT molecular complexity index is 971. The molecule has 1 N–H and O–H groups in total. The molecule has 0 unspecified atom stereocenters. The lowest BCUT2D eigenvalue weighted by molar-refractivity contribution is -0.121. The third-order valence-corrected chi connectivity index (χ3v) is 4.53. The van der Waals surface area contributed by atoms with E-state index in [2.05, 4.69) is 5.32 Å². The van der Waals surface area contributed by atoms with Gasteiger partial charge in [-0.15, -0.1) is 0 Å². The molecule has 0 bridgehead atoms. The molecule has 4 rings (SSSR count). The minimum Gasteiger partial charge on any atom is -0.482 e. The van der Waals surface area contributed by atoms with Crippen LogP contribution >= 0.6 is 0 Å². The fourth-order valence-corrected chi connectivity index (χ4v) is 3.08. The van der Waals surface area contributed by atoms with Crippen molar-refractivity contribution in [1.82, 2.24) is 0 Å². The highest BCUT2D eigenvalue weighted by molar-refractivity contribution is 6.02. The summed E-state index contributed by atoms with van der Waals surface area (Å²) in [5, 5.41) is 2.78. The number of anilines is 2. The zero-order valence-electron chi connectivity index (χ0n) is 15.2. The lowest BCUT2D eigenvalue weighted by Gasteiger charge is -2.29. The number of benzene rings is 2. The predicted octanol–water partition coefficient (Wildman–Crippen LogP) is 2.37. The molecular formula is C20H18N2O6. The molecule has 2 aromatic rings. The number of rotatable bonds is 5. The third-order valence-electron chi connectivity index (χ3n) is 4.53. The summed E-state index contributed by atoms with van der Waals surface area (Å²) in [6.45, 7) is 1.69. The summed E-state index contributed by atoms with van der Waals surface area (Å²) in [4.78, 5) is 37.8. The molecule has 0 saturated heterocycles. The van der Waals surface area contributed by atoms with Crippen molar-refractivity contribution in [3.8, 4) is 17.2 Å². The van der Waals surface area contributed by atoms with E-state index in [1.807, 2.05) is 0 Å². The topological polar surface area (TPSA) is 94.2 Å². The normalized spacial score (nSPS) is 14.3. The SMILES string of the molecule is CC(=O)c1ccc2c(c1)N(CCC(=O)Nc1ccc3c(c1)OCO3)C(=O)CO2. The first-order valence-electron chi connectivity index (χ1n) is 8.79. The molecule has 0 radical (unpaired) electrons. The second-order valence-corrected chi connectivity index (χ2v) is 6.44. The maximum Gasteiger partial charge on any atom is 0.265 e. The molecule has 0 atom stereocenters. The number of fused-ring (bicyclic) bond motifs is 2. The van der Waals surface area contributed by atoms with Gasteiger partial charge in [-0.1, -0.05) is 0 Å². The number of amides is 2. The van der Waals surface area contributed by atoms with Gasteiger partial charge >= 0.3 is 0 Å². The molecular weight excluding hydrogens is 364 g/mol. The van der Waals surface area contributed by atoms with Crippen LogP contribution in [0.4, 0.5) is 11.4 Å². The molecule has 8 heteroatoms. The van der Waals surface area contributed by atoms with Crippen LogP contribution in [0.15, 0.2) is 36.4 Å². The minimum absolute atomic E-state index is 0.0872. The van der Waals surface area contributed by atoms with Gasteiger partial charge in [-0.2, -0.15) is 0 Å². The number of Topliss-reactive ketones (excluding diaryl/α,β-unsaturated/α-hetero) is 1. The molecule has 2 amide bonds. The smallest absolute Gasteiger partial charge is 0.265 e. The number of hydrogen-bond donors (Lipinski definition) is 1. The van der Waals surface area contributed by atoms with Crippen molar-refractivity contribution >= 4 is 29.0 Å². The highest BCUT2D eigenvalue weighted by Crippen LogP contribution is 2.35. The van der Waals surface area contributed by atoms with Crippen LogP contribution in [0.25, 0.3) is 0 Å². The first-order valence-corrected chi connectivity index (χ1v) is 8.79. The predicted molar refractivity (Wildman–Crippen MR) is 100 cm³/mol. The van der Waals surface area contributed by atoms with Crippen molar-refractivity contribution in [1.29, 1.82) is 0 Å². The molecule has 2 heterocycles. The van der Waals surface area contributed by atoms with Gasteiger partial charge in [0.2, 0.25) is 12.7 Å². The first kappa shape index (κ1) is 17.8. The maximum atomic E-state index is 12.3. The fraction of sp³-hybridized carbons (Fsp3) is 0.250. The van der Waals surface area contributed by atoms with Gasteiger partial charge in [0, 0.05) is 30.3 Å². The Hall–Kier alpha value is -3.55. The van der Waals surface area contributed by atoms with Crippen LogP contribution in [0.1, 0.15) is 23.7 Å². The van der Waals surface area contributed by atoms with Gasteiger partial charge in [0.25, 0.3) is 5.91 Å². The molecule has 0 fully saturated rings. The van der Waals surface area contributed by atoms with Crippen LogP contribution in [0.2, 0.25) is 0 Å². The number of carbonyl (C=O) groups excluding carboxylic acids is 3. The number of nitrogens with one attached hydrogen (secondary N) is 1. The zero-order chi connectivity index (χ0) is 19.7. The highest BCUT2D eigenvalue weighted by Gasteiger charge is 2.26. The van der Waals surface area contributed by atoms with Gasteiger partial charge in [-0.3, -0.25) is 14.4 Å². The van der Waals surface area contributed by atoms with E-state index in [0.717, 1.165) is 0 Å².